The van der Waals surface area contributed by atoms with Crippen LogP contribution in [0.5, 0.6) is 0 Å². The molecule has 2 N–H and O–H groups in total. The lowest BCUT2D eigenvalue weighted by molar-refractivity contribution is 0.836. The molecule has 2 nitrogen and oxygen atoms in total. The third kappa shape index (κ3) is 1.42. The number of hydrogen-bond donors (Lipinski definition) is 1. The molecule has 0 amide bonds. The van der Waals surface area contributed by atoms with Gasteiger partial charge in [-0.25, -0.2) is 0 Å². The normalized spacial score (nSPS) is 13.8. The molecule has 0 bridgehead atoms. The van der Waals surface area contributed by atoms with Gasteiger partial charge in [-0.2, -0.15) is 0 Å². The van der Waals surface area contributed by atoms with E-state index in [9.17, 15) is 0 Å². The van der Waals surface area contributed by atoms with Crippen LogP contribution in [-0.2, 0) is 6.42 Å². The van der Waals surface area contributed by atoms with E-state index in [0.29, 0.717) is 0 Å². The Morgan fingerprint density at radius 1 is 1.50 bits per heavy atom. The molecule has 0 saturated heterocycles. The predicted molar refractivity (Wildman–Crippen MR) is 60.2 cm³/mol. The van der Waals surface area contributed by atoms with E-state index in [-0.39, 0.29) is 0 Å². The first-order valence-corrected chi connectivity index (χ1v) is 4.88. The number of benzene rings is 1. The van der Waals surface area contributed by atoms with Gasteiger partial charge < -0.3 is 10.6 Å². The molecule has 1 aromatic carbocycles. The Bertz CT molecular complexity index is 376. The fraction of sp³-hybridized carbons (Fsp3) is 0.333. The first kappa shape index (κ1) is 8.96. The summed E-state index contributed by atoms with van der Waals surface area (Å²) in [5.74, 6) is 2.66. The van der Waals surface area contributed by atoms with Crippen molar-refractivity contribution in [3.63, 3.8) is 0 Å². The summed E-state index contributed by atoms with van der Waals surface area (Å²) < 4.78 is 0. The summed E-state index contributed by atoms with van der Waals surface area (Å²) in [6.07, 6.45) is 7.13. The molecule has 2 rings (SSSR count). The molecular weight excluding hydrogens is 172 g/mol. The van der Waals surface area contributed by atoms with Gasteiger partial charge >= 0.3 is 0 Å². The van der Waals surface area contributed by atoms with Crippen LogP contribution >= 0.6 is 0 Å². The third-order valence-corrected chi connectivity index (χ3v) is 2.64. The van der Waals surface area contributed by atoms with Crippen molar-refractivity contribution in [2.75, 3.05) is 23.7 Å². The molecule has 1 aliphatic rings. The minimum Gasteiger partial charge on any atom is -0.397 e. The van der Waals surface area contributed by atoms with Gasteiger partial charge in [-0.05, 0) is 18.1 Å². The number of terminal acetylenes is 1. The van der Waals surface area contributed by atoms with Crippen LogP contribution in [0.15, 0.2) is 18.2 Å². The second kappa shape index (κ2) is 3.63. The number of fused-ring (bicyclic) bond motifs is 1. The van der Waals surface area contributed by atoms with Crippen LogP contribution in [0.25, 0.3) is 0 Å². The minimum absolute atomic E-state index is 0.785. The lowest BCUT2D eigenvalue weighted by Gasteiger charge is -2.19. The Morgan fingerprint density at radius 2 is 2.36 bits per heavy atom. The Morgan fingerprint density at radius 3 is 3.14 bits per heavy atom. The molecule has 0 saturated carbocycles. The number of nitrogens with zero attached hydrogens (tertiary/aromatic N) is 1. The van der Waals surface area contributed by atoms with Gasteiger partial charge in [-0.15, -0.1) is 12.3 Å². The van der Waals surface area contributed by atoms with E-state index in [4.69, 9.17) is 12.2 Å². The number of hydrogen-bond acceptors (Lipinski definition) is 2. The Kier molecular flexibility index (Phi) is 2.32. The smallest absolute Gasteiger partial charge is 0.0633 e. The second-order valence-corrected chi connectivity index (χ2v) is 3.55. The summed E-state index contributed by atoms with van der Waals surface area (Å²) in [6.45, 7) is 1.96. The van der Waals surface area contributed by atoms with Crippen molar-refractivity contribution in [3.05, 3.63) is 23.8 Å². The van der Waals surface area contributed by atoms with Crippen LogP contribution < -0.4 is 10.6 Å². The highest BCUT2D eigenvalue weighted by atomic mass is 15.2. The number of nitrogens with two attached hydrogens (primary N) is 1. The van der Waals surface area contributed by atoms with Gasteiger partial charge in [0.15, 0.2) is 0 Å². The van der Waals surface area contributed by atoms with Gasteiger partial charge in [0.1, 0.15) is 0 Å². The van der Waals surface area contributed by atoms with Crippen molar-refractivity contribution in [2.45, 2.75) is 12.8 Å². The lowest BCUT2D eigenvalue weighted by atomic mass is 10.1. The van der Waals surface area contributed by atoms with E-state index >= 15 is 0 Å². The Labute approximate surface area is 84.7 Å². The first-order valence-electron chi connectivity index (χ1n) is 4.88. The lowest BCUT2D eigenvalue weighted by Crippen LogP contribution is -2.22. The topological polar surface area (TPSA) is 29.3 Å². The van der Waals surface area contributed by atoms with Gasteiger partial charge in [0, 0.05) is 19.5 Å². The largest absolute Gasteiger partial charge is 0.397 e. The molecule has 14 heavy (non-hydrogen) atoms. The molecule has 0 spiro atoms. The van der Waals surface area contributed by atoms with Crippen LogP contribution in [0, 0.1) is 12.3 Å². The molecule has 1 aliphatic heterocycles. The van der Waals surface area contributed by atoms with Crippen LogP contribution in [0.4, 0.5) is 11.4 Å². The van der Waals surface area contributed by atoms with Crippen molar-refractivity contribution in [3.8, 4) is 12.3 Å². The first-order chi connectivity index (χ1) is 6.83. The van der Waals surface area contributed by atoms with Crippen molar-refractivity contribution in [1.29, 1.82) is 0 Å². The predicted octanol–water partition coefficient (Wildman–Crippen LogP) is 1.65. The number of nitrogen functional groups attached to an aromatic ring is 1. The average Bonchev–Trinajstić information content (AvgIpc) is 2.59. The molecule has 0 aliphatic carbocycles. The highest BCUT2D eigenvalue weighted by Gasteiger charge is 2.19. The molecule has 0 fully saturated rings. The van der Waals surface area contributed by atoms with Crippen molar-refractivity contribution in [1.82, 2.24) is 0 Å². The van der Waals surface area contributed by atoms with E-state index in [1.165, 1.54) is 11.3 Å². The Hall–Kier alpha value is -1.62. The number of rotatable bonds is 2. The van der Waals surface area contributed by atoms with E-state index in [0.717, 1.165) is 31.6 Å². The molecule has 1 aromatic rings. The van der Waals surface area contributed by atoms with E-state index in [2.05, 4.69) is 16.9 Å². The summed E-state index contributed by atoms with van der Waals surface area (Å²) in [5, 5.41) is 0. The van der Waals surface area contributed by atoms with Crippen LogP contribution in [0.3, 0.4) is 0 Å². The van der Waals surface area contributed by atoms with Crippen LogP contribution in [0.2, 0.25) is 0 Å². The summed E-state index contributed by atoms with van der Waals surface area (Å²) in [4.78, 5) is 2.28. The number of para-hydroxylation sites is 1. The van der Waals surface area contributed by atoms with Gasteiger partial charge in [0.25, 0.3) is 0 Å². The molecule has 0 unspecified atom stereocenters. The zero-order chi connectivity index (χ0) is 9.97. The zero-order valence-electron chi connectivity index (χ0n) is 8.16. The maximum atomic E-state index is 5.94. The summed E-state index contributed by atoms with van der Waals surface area (Å²) in [7, 11) is 0. The molecule has 2 heteroatoms. The van der Waals surface area contributed by atoms with E-state index in [1.807, 2.05) is 12.1 Å². The third-order valence-electron chi connectivity index (χ3n) is 2.64. The Balaban J connectivity index is 2.25. The summed E-state index contributed by atoms with van der Waals surface area (Å²) in [5.41, 5.74) is 9.36. The SMILES string of the molecule is C#CCCN1CCc2cccc(N)c21. The molecule has 1 heterocycles. The van der Waals surface area contributed by atoms with Crippen molar-refractivity contribution < 1.29 is 0 Å². The quantitative estimate of drug-likeness (QED) is 0.562. The minimum atomic E-state index is 0.785. The number of anilines is 2. The van der Waals surface area contributed by atoms with Crippen LogP contribution in [0.1, 0.15) is 12.0 Å². The van der Waals surface area contributed by atoms with Crippen molar-refractivity contribution >= 4 is 11.4 Å². The van der Waals surface area contributed by atoms with Crippen LogP contribution in [-0.4, -0.2) is 13.1 Å². The van der Waals surface area contributed by atoms with Gasteiger partial charge in [-0.1, -0.05) is 12.1 Å². The van der Waals surface area contributed by atoms with Gasteiger partial charge in [-0.3, -0.25) is 0 Å². The molecule has 0 atom stereocenters. The van der Waals surface area contributed by atoms with E-state index in [1.54, 1.807) is 0 Å². The fourth-order valence-electron chi connectivity index (χ4n) is 1.99. The molecular formula is C12H14N2. The average molecular weight is 186 g/mol. The second-order valence-electron chi connectivity index (χ2n) is 3.55. The zero-order valence-corrected chi connectivity index (χ0v) is 8.16. The van der Waals surface area contributed by atoms with Crippen molar-refractivity contribution in [2.24, 2.45) is 0 Å². The summed E-state index contributed by atoms with van der Waals surface area (Å²) >= 11 is 0. The highest BCUT2D eigenvalue weighted by molar-refractivity contribution is 5.74. The maximum absolute atomic E-state index is 5.94. The molecule has 0 radical (unpaired) electrons. The van der Waals surface area contributed by atoms with Gasteiger partial charge in [0.2, 0.25) is 0 Å². The fourth-order valence-corrected chi connectivity index (χ4v) is 1.99. The molecule has 0 aromatic heterocycles. The van der Waals surface area contributed by atoms with E-state index < -0.39 is 0 Å². The molecule has 72 valence electrons. The summed E-state index contributed by atoms with van der Waals surface area (Å²) in [6, 6.07) is 6.10. The highest BCUT2D eigenvalue weighted by Crippen LogP contribution is 2.33. The monoisotopic (exact) mass is 186 g/mol. The van der Waals surface area contributed by atoms with Gasteiger partial charge in [0.05, 0.1) is 11.4 Å². The maximum Gasteiger partial charge on any atom is 0.0633 e. The standard InChI is InChI=1S/C12H14N2/c1-2-3-8-14-9-7-10-5-4-6-11(13)12(10)14/h1,4-6H,3,7-9,13H2.